The van der Waals surface area contributed by atoms with Gasteiger partial charge in [-0.25, -0.2) is 4.98 Å². The molecule has 0 spiro atoms. The summed E-state index contributed by atoms with van der Waals surface area (Å²) in [5, 5.41) is 0. The van der Waals surface area contributed by atoms with Crippen molar-refractivity contribution in [3.05, 3.63) is 30.6 Å². The molecule has 1 unspecified atom stereocenters. The maximum Gasteiger partial charge on any atom is 0.0958 e. The lowest BCUT2D eigenvalue weighted by Gasteiger charge is -2.11. The fourth-order valence-corrected chi connectivity index (χ4v) is 2.08. The Morgan fingerprint density at radius 3 is 2.93 bits per heavy atom. The number of imidazole rings is 1. The summed E-state index contributed by atoms with van der Waals surface area (Å²) in [6.07, 6.45) is 4.50. The van der Waals surface area contributed by atoms with E-state index in [0.29, 0.717) is 0 Å². The van der Waals surface area contributed by atoms with Crippen LogP contribution in [-0.2, 0) is 6.54 Å². The summed E-state index contributed by atoms with van der Waals surface area (Å²) < 4.78 is 2.26. The third-order valence-electron chi connectivity index (χ3n) is 2.82. The predicted molar refractivity (Wildman–Crippen MR) is 63.8 cm³/mol. The summed E-state index contributed by atoms with van der Waals surface area (Å²) in [4.78, 5) is 4.39. The molecule has 2 aromatic rings. The Hall–Kier alpha value is -1.31. The van der Waals surface area contributed by atoms with E-state index in [9.17, 15) is 0 Å². The van der Waals surface area contributed by atoms with E-state index in [0.717, 1.165) is 18.0 Å². The quantitative estimate of drug-likeness (QED) is 0.742. The third kappa shape index (κ3) is 2.20. The Labute approximate surface area is 90.9 Å². The number of rotatable bonds is 4. The highest BCUT2D eigenvalue weighted by molar-refractivity contribution is 5.74. The number of hydrogen-bond acceptors (Lipinski definition) is 1. The van der Waals surface area contributed by atoms with E-state index in [1.807, 2.05) is 12.4 Å². The summed E-state index contributed by atoms with van der Waals surface area (Å²) in [5.41, 5.74) is 2.35. The SMILES string of the molecule is CCCC(C)Cn1cnc2ccccc21. The van der Waals surface area contributed by atoms with Crippen molar-refractivity contribution in [2.75, 3.05) is 0 Å². The lowest BCUT2D eigenvalue weighted by Crippen LogP contribution is -2.06. The van der Waals surface area contributed by atoms with Crippen molar-refractivity contribution in [1.29, 1.82) is 0 Å². The first kappa shape index (κ1) is 10.2. The van der Waals surface area contributed by atoms with Crippen LogP contribution in [0, 0.1) is 5.92 Å². The van der Waals surface area contributed by atoms with E-state index in [-0.39, 0.29) is 0 Å². The average molecular weight is 202 g/mol. The predicted octanol–water partition coefficient (Wildman–Crippen LogP) is 3.47. The van der Waals surface area contributed by atoms with Gasteiger partial charge in [-0.05, 0) is 24.5 Å². The zero-order valence-corrected chi connectivity index (χ0v) is 9.48. The molecule has 1 aromatic carbocycles. The van der Waals surface area contributed by atoms with Gasteiger partial charge in [-0.1, -0.05) is 32.4 Å². The van der Waals surface area contributed by atoms with E-state index < -0.39 is 0 Å². The zero-order chi connectivity index (χ0) is 10.7. The molecule has 1 aromatic heterocycles. The highest BCUT2D eigenvalue weighted by Crippen LogP contribution is 2.15. The first-order valence-electron chi connectivity index (χ1n) is 5.71. The summed E-state index contributed by atoms with van der Waals surface area (Å²) >= 11 is 0. The first-order valence-corrected chi connectivity index (χ1v) is 5.71. The van der Waals surface area contributed by atoms with Crippen LogP contribution in [0.4, 0.5) is 0 Å². The van der Waals surface area contributed by atoms with Crippen molar-refractivity contribution >= 4 is 11.0 Å². The first-order chi connectivity index (χ1) is 7.31. The number of hydrogen-bond donors (Lipinski definition) is 0. The second kappa shape index (κ2) is 4.47. The van der Waals surface area contributed by atoms with Crippen molar-refractivity contribution in [2.24, 2.45) is 5.92 Å². The van der Waals surface area contributed by atoms with E-state index in [1.165, 1.54) is 18.4 Å². The van der Waals surface area contributed by atoms with Crippen molar-refractivity contribution < 1.29 is 0 Å². The highest BCUT2D eigenvalue weighted by atomic mass is 15.0. The van der Waals surface area contributed by atoms with Gasteiger partial charge in [0.05, 0.1) is 17.4 Å². The van der Waals surface area contributed by atoms with E-state index in [2.05, 4.69) is 41.6 Å². The number of fused-ring (bicyclic) bond motifs is 1. The lowest BCUT2D eigenvalue weighted by atomic mass is 10.1. The zero-order valence-electron chi connectivity index (χ0n) is 9.48. The smallest absolute Gasteiger partial charge is 0.0958 e. The molecule has 0 radical (unpaired) electrons. The molecular formula is C13H18N2. The average Bonchev–Trinajstić information content (AvgIpc) is 2.62. The van der Waals surface area contributed by atoms with Gasteiger partial charge in [0.1, 0.15) is 0 Å². The molecule has 0 amide bonds. The van der Waals surface area contributed by atoms with E-state index in [1.54, 1.807) is 0 Å². The van der Waals surface area contributed by atoms with Crippen molar-refractivity contribution in [3.8, 4) is 0 Å². The standard InChI is InChI=1S/C13H18N2/c1-3-6-11(2)9-15-10-14-12-7-4-5-8-13(12)15/h4-5,7-8,10-11H,3,6,9H2,1-2H3. The summed E-state index contributed by atoms with van der Waals surface area (Å²) in [7, 11) is 0. The van der Waals surface area contributed by atoms with Gasteiger partial charge < -0.3 is 4.57 Å². The van der Waals surface area contributed by atoms with Gasteiger partial charge in [0.2, 0.25) is 0 Å². The summed E-state index contributed by atoms with van der Waals surface area (Å²) in [6, 6.07) is 8.32. The minimum absolute atomic E-state index is 0.729. The Bertz CT molecular complexity index is 431. The Balaban J connectivity index is 2.21. The molecule has 0 aliphatic heterocycles. The molecule has 15 heavy (non-hydrogen) atoms. The molecule has 0 fully saturated rings. The topological polar surface area (TPSA) is 17.8 Å². The molecule has 0 aliphatic rings. The van der Waals surface area contributed by atoms with E-state index in [4.69, 9.17) is 0 Å². The van der Waals surface area contributed by atoms with Gasteiger partial charge in [0.25, 0.3) is 0 Å². The number of nitrogens with zero attached hydrogens (tertiary/aromatic N) is 2. The van der Waals surface area contributed by atoms with E-state index >= 15 is 0 Å². The molecule has 0 N–H and O–H groups in total. The van der Waals surface area contributed by atoms with Crippen LogP contribution in [0.25, 0.3) is 11.0 Å². The Morgan fingerprint density at radius 1 is 1.33 bits per heavy atom. The fraction of sp³-hybridized carbons (Fsp3) is 0.462. The van der Waals surface area contributed by atoms with Gasteiger partial charge in [-0.2, -0.15) is 0 Å². The largest absolute Gasteiger partial charge is 0.330 e. The molecule has 0 saturated carbocycles. The molecule has 2 heteroatoms. The number of aromatic nitrogens is 2. The minimum Gasteiger partial charge on any atom is -0.330 e. The molecule has 1 atom stereocenters. The summed E-state index contributed by atoms with van der Waals surface area (Å²) in [5.74, 6) is 0.729. The van der Waals surface area contributed by atoms with Gasteiger partial charge in [-0.3, -0.25) is 0 Å². The molecule has 1 heterocycles. The fourth-order valence-electron chi connectivity index (χ4n) is 2.08. The molecule has 0 saturated heterocycles. The number of para-hydroxylation sites is 2. The lowest BCUT2D eigenvalue weighted by molar-refractivity contribution is 0.452. The second-order valence-electron chi connectivity index (χ2n) is 4.28. The Morgan fingerprint density at radius 2 is 2.13 bits per heavy atom. The molecule has 2 rings (SSSR count). The van der Waals surface area contributed by atoms with Crippen LogP contribution in [0.1, 0.15) is 26.7 Å². The van der Waals surface area contributed by atoms with Gasteiger partial charge in [-0.15, -0.1) is 0 Å². The highest BCUT2D eigenvalue weighted by Gasteiger charge is 2.05. The maximum absolute atomic E-state index is 4.39. The van der Waals surface area contributed by atoms with Crippen LogP contribution in [0.3, 0.4) is 0 Å². The van der Waals surface area contributed by atoms with Crippen LogP contribution in [0.5, 0.6) is 0 Å². The third-order valence-corrected chi connectivity index (χ3v) is 2.82. The minimum atomic E-state index is 0.729. The number of benzene rings is 1. The molecule has 80 valence electrons. The van der Waals surface area contributed by atoms with Crippen LogP contribution in [0.15, 0.2) is 30.6 Å². The molecule has 2 nitrogen and oxygen atoms in total. The maximum atomic E-state index is 4.39. The van der Waals surface area contributed by atoms with Crippen LogP contribution in [-0.4, -0.2) is 9.55 Å². The second-order valence-corrected chi connectivity index (χ2v) is 4.28. The van der Waals surface area contributed by atoms with Crippen LogP contribution >= 0.6 is 0 Å². The normalized spacial score (nSPS) is 13.2. The monoisotopic (exact) mass is 202 g/mol. The molecule has 0 aliphatic carbocycles. The van der Waals surface area contributed by atoms with Crippen LogP contribution < -0.4 is 0 Å². The van der Waals surface area contributed by atoms with Crippen molar-refractivity contribution in [3.63, 3.8) is 0 Å². The van der Waals surface area contributed by atoms with Crippen LogP contribution in [0.2, 0.25) is 0 Å². The Kier molecular flexibility index (Phi) is 3.05. The van der Waals surface area contributed by atoms with Gasteiger partial charge in [0.15, 0.2) is 0 Å². The van der Waals surface area contributed by atoms with Crippen molar-refractivity contribution in [1.82, 2.24) is 9.55 Å². The van der Waals surface area contributed by atoms with Crippen molar-refractivity contribution in [2.45, 2.75) is 33.2 Å². The molecular weight excluding hydrogens is 184 g/mol. The summed E-state index contributed by atoms with van der Waals surface area (Å²) in [6.45, 7) is 5.62. The van der Waals surface area contributed by atoms with Gasteiger partial charge in [0, 0.05) is 6.54 Å². The molecule has 0 bridgehead atoms. The van der Waals surface area contributed by atoms with Gasteiger partial charge >= 0.3 is 0 Å².